The molecule has 1 N–H and O–H groups in total. The van der Waals surface area contributed by atoms with Gasteiger partial charge < -0.3 is 5.11 Å². The van der Waals surface area contributed by atoms with Gasteiger partial charge in [-0.2, -0.15) is 13.2 Å². The third-order valence-corrected chi connectivity index (χ3v) is 2.67. The molecule has 0 heterocycles. The first kappa shape index (κ1) is 12.5. The van der Waals surface area contributed by atoms with Gasteiger partial charge in [-0.1, -0.05) is 30.3 Å². The maximum atomic E-state index is 12.0. The van der Waals surface area contributed by atoms with Crippen LogP contribution in [0.25, 0.3) is 3.58 Å². The number of rotatable bonds is 2. The number of halogens is 4. The summed E-state index contributed by atoms with van der Waals surface area (Å²) in [6.07, 6.45) is -6.23. The van der Waals surface area contributed by atoms with Crippen LogP contribution in [0.5, 0.6) is 0 Å². The topological polar surface area (TPSA) is 20.2 Å². The highest BCUT2D eigenvalue weighted by molar-refractivity contribution is 14.1. The van der Waals surface area contributed by atoms with Crippen molar-refractivity contribution in [3.63, 3.8) is 0 Å². The second-order valence-electron chi connectivity index (χ2n) is 2.87. The van der Waals surface area contributed by atoms with Crippen molar-refractivity contribution < 1.29 is 18.3 Å². The van der Waals surface area contributed by atoms with Gasteiger partial charge in [-0.15, -0.1) is 0 Å². The van der Waals surface area contributed by atoms with Crippen molar-refractivity contribution in [1.29, 1.82) is 0 Å². The lowest BCUT2D eigenvalue weighted by Crippen LogP contribution is -2.26. The molecule has 1 nitrogen and oxygen atoms in total. The van der Waals surface area contributed by atoms with Gasteiger partial charge in [0.15, 0.2) is 6.10 Å². The lowest BCUT2D eigenvalue weighted by Gasteiger charge is -2.11. The summed E-state index contributed by atoms with van der Waals surface area (Å²) in [4.78, 5) is 0. The summed E-state index contributed by atoms with van der Waals surface area (Å²) in [5.41, 5.74) is 0.654. The van der Waals surface area contributed by atoms with Crippen LogP contribution in [0.4, 0.5) is 13.2 Å². The van der Waals surface area contributed by atoms with Gasteiger partial charge in [-0.25, -0.2) is 0 Å². The first-order valence-electron chi connectivity index (χ1n) is 4.09. The monoisotopic (exact) mass is 328 g/mol. The number of aliphatic hydroxyl groups is 1. The van der Waals surface area contributed by atoms with E-state index in [0.29, 0.717) is 9.14 Å². The molecule has 5 heteroatoms. The van der Waals surface area contributed by atoms with Crippen LogP contribution >= 0.6 is 22.6 Å². The third-order valence-electron chi connectivity index (χ3n) is 1.69. The molecule has 1 aromatic rings. The Morgan fingerprint density at radius 1 is 1.27 bits per heavy atom. The molecule has 0 fully saturated rings. The molecule has 0 radical (unpaired) electrons. The largest absolute Gasteiger partial charge is 0.418 e. The van der Waals surface area contributed by atoms with Crippen LogP contribution in [0, 0.1) is 0 Å². The molecule has 1 rings (SSSR count). The van der Waals surface area contributed by atoms with E-state index in [1.807, 2.05) is 0 Å². The number of hydrogen-bond donors (Lipinski definition) is 1. The van der Waals surface area contributed by atoms with Gasteiger partial charge in [-0.05, 0) is 34.2 Å². The third kappa shape index (κ3) is 3.83. The second-order valence-corrected chi connectivity index (χ2v) is 4.03. The van der Waals surface area contributed by atoms with Crippen LogP contribution in [0.1, 0.15) is 5.56 Å². The molecule has 0 aliphatic carbocycles. The maximum absolute atomic E-state index is 12.0. The molecule has 1 unspecified atom stereocenters. The van der Waals surface area contributed by atoms with Crippen molar-refractivity contribution in [2.45, 2.75) is 12.3 Å². The molecule has 0 spiro atoms. The molecule has 0 aromatic heterocycles. The fourth-order valence-corrected chi connectivity index (χ4v) is 1.63. The van der Waals surface area contributed by atoms with Gasteiger partial charge in [-0.3, -0.25) is 0 Å². The zero-order chi connectivity index (χ0) is 11.5. The Morgan fingerprint density at radius 3 is 2.27 bits per heavy atom. The molecule has 0 bridgehead atoms. The average Bonchev–Trinajstić information content (AvgIpc) is 2.17. The van der Waals surface area contributed by atoms with E-state index in [1.165, 1.54) is 0 Å². The van der Waals surface area contributed by atoms with E-state index in [-0.39, 0.29) is 0 Å². The van der Waals surface area contributed by atoms with Crippen molar-refractivity contribution in [2.75, 3.05) is 0 Å². The van der Waals surface area contributed by atoms with Crippen molar-refractivity contribution in [3.8, 4) is 0 Å². The zero-order valence-corrected chi connectivity index (χ0v) is 9.66. The number of aliphatic hydroxyl groups excluding tert-OH is 1. The summed E-state index contributed by atoms with van der Waals surface area (Å²) < 4.78 is 36.5. The lowest BCUT2D eigenvalue weighted by atomic mass is 10.2. The van der Waals surface area contributed by atoms with Gasteiger partial charge in [0.2, 0.25) is 0 Å². The summed E-state index contributed by atoms with van der Waals surface area (Å²) in [6, 6.07) is 8.58. The number of alkyl halides is 3. The molecular formula is C10H8F3IO. The molecule has 1 aromatic carbocycles. The van der Waals surface area contributed by atoms with Crippen LogP contribution in [-0.4, -0.2) is 17.4 Å². The van der Waals surface area contributed by atoms with E-state index >= 15 is 0 Å². The first-order chi connectivity index (χ1) is 6.91. The second kappa shape index (κ2) is 4.98. The summed E-state index contributed by atoms with van der Waals surface area (Å²) in [6.45, 7) is 0. The fraction of sp³-hybridized carbons (Fsp3) is 0.200. The fourth-order valence-electron chi connectivity index (χ4n) is 0.927. The molecular weight excluding hydrogens is 320 g/mol. The van der Waals surface area contributed by atoms with Crippen LogP contribution in [0.3, 0.4) is 0 Å². The van der Waals surface area contributed by atoms with Crippen molar-refractivity contribution >= 4 is 26.2 Å². The van der Waals surface area contributed by atoms with E-state index in [9.17, 15) is 13.2 Å². The smallest absolute Gasteiger partial charge is 0.380 e. The minimum atomic E-state index is -4.61. The highest BCUT2D eigenvalue weighted by atomic mass is 127. The van der Waals surface area contributed by atoms with Crippen LogP contribution in [-0.2, 0) is 0 Å². The predicted molar refractivity (Wildman–Crippen MR) is 60.5 cm³/mol. The Morgan fingerprint density at radius 2 is 1.80 bits per heavy atom. The summed E-state index contributed by atoms with van der Waals surface area (Å²) in [5.74, 6) is 0. The Labute approximate surface area is 98.8 Å². The highest BCUT2D eigenvalue weighted by Gasteiger charge is 2.36. The van der Waals surface area contributed by atoms with Gasteiger partial charge >= 0.3 is 6.18 Å². The SMILES string of the molecule is OC(C=C(I)c1ccccc1)C(F)(F)F. The van der Waals surface area contributed by atoms with E-state index in [0.717, 1.165) is 6.08 Å². The lowest BCUT2D eigenvalue weighted by molar-refractivity contribution is -0.187. The predicted octanol–water partition coefficient (Wildman–Crippen LogP) is 3.39. The molecule has 1 atom stereocenters. The molecule has 0 saturated carbocycles. The van der Waals surface area contributed by atoms with E-state index in [4.69, 9.17) is 5.11 Å². The number of benzene rings is 1. The Kier molecular flexibility index (Phi) is 4.15. The Hall–Kier alpha value is -0.560. The minimum absolute atomic E-state index is 0.373. The van der Waals surface area contributed by atoms with Crippen LogP contribution in [0.2, 0.25) is 0 Å². The quantitative estimate of drug-likeness (QED) is 0.825. The maximum Gasteiger partial charge on any atom is 0.418 e. The van der Waals surface area contributed by atoms with Gasteiger partial charge in [0, 0.05) is 3.58 Å². The normalized spacial score (nSPS) is 15.1. The first-order valence-corrected chi connectivity index (χ1v) is 5.16. The Balaban J connectivity index is 2.86. The molecule has 0 aliphatic rings. The van der Waals surface area contributed by atoms with Crippen molar-refractivity contribution in [1.82, 2.24) is 0 Å². The molecule has 0 amide bonds. The standard InChI is InChI=1S/C10H8F3IO/c11-10(12,13)9(15)6-8(14)7-4-2-1-3-5-7/h1-6,9,15H. The summed E-state index contributed by atoms with van der Waals surface area (Å²) >= 11 is 1.76. The van der Waals surface area contributed by atoms with Crippen molar-refractivity contribution in [3.05, 3.63) is 42.0 Å². The summed E-state index contributed by atoms with van der Waals surface area (Å²) in [5, 5.41) is 8.81. The van der Waals surface area contributed by atoms with Crippen molar-refractivity contribution in [2.24, 2.45) is 0 Å². The average molecular weight is 328 g/mol. The van der Waals surface area contributed by atoms with E-state index < -0.39 is 12.3 Å². The zero-order valence-electron chi connectivity index (χ0n) is 7.50. The molecule has 15 heavy (non-hydrogen) atoms. The molecule has 0 aliphatic heterocycles. The summed E-state index contributed by atoms with van der Waals surface area (Å²) in [7, 11) is 0. The number of hydrogen-bond acceptors (Lipinski definition) is 1. The van der Waals surface area contributed by atoms with E-state index in [1.54, 1.807) is 52.9 Å². The van der Waals surface area contributed by atoms with Crippen LogP contribution in [0.15, 0.2) is 36.4 Å². The van der Waals surface area contributed by atoms with Gasteiger partial charge in [0.1, 0.15) is 0 Å². The van der Waals surface area contributed by atoms with E-state index in [2.05, 4.69) is 0 Å². The highest BCUT2D eigenvalue weighted by Crippen LogP contribution is 2.27. The van der Waals surface area contributed by atoms with Gasteiger partial charge in [0.05, 0.1) is 0 Å². The van der Waals surface area contributed by atoms with Gasteiger partial charge in [0.25, 0.3) is 0 Å². The molecule has 0 saturated heterocycles. The van der Waals surface area contributed by atoms with Crippen LogP contribution < -0.4 is 0 Å². The minimum Gasteiger partial charge on any atom is -0.380 e. The Bertz CT molecular complexity index is 345. The molecule has 82 valence electrons.